The van der Waals surface area contributed by atoms with Crippen molar-refractivity contribution in [2.45, 2.75) is 24.1 Å². The number of morpholine rings is 1. The molecule has 1 aromatic heterocycles. The first-order chi connectivity index (χ1) is 16.2. The van der Waals surface area contributed by atoms with E-state index >= 15 is 0 Å². The maximum absolute atomic E-state index is 12.5. The Bertz CT molecular complexity index is 1030. The van der Waals surface area contributed by atoms with Gasteiger partial charge < -0.3 is 10.1 Å². The molecule has 7 heteroatoms. The van der Waals surface area contributed by atoms with Crippen molar-refractivity contribution in [1.29, 1.82) is 0 Å². The molecule has 0 saturated carbocycles. The minimum absolute atomic E-state index is 0.0222. The van der Waals surface area contributed by atoms with Gasteiger partial charge in [0.2, 0.25) is 0 Å². The Hall–Kier alpha value is -2.74. The van der Waals surface area contributed by atoms with E-state index in [1.54, 1.807) is 11.8 Å². The molecular formula is C26H30N4O2S. The van der Waals surface area contributed by atoms with Crippen LogP contribution in [-0.4, -0.2) is 60.4 Å². The van der Waals surface area contributed by atoms with E-state index in [4.69, 9.17) is 4.74 Å². The Kier molecular flexibility index (Phi) is 8.47. The van der Waals surface area contributed by atoms with Gasteiger partial charge in [0, 0.05) is 36.5 Å². The summed E-state index contributed by atoms with van der Waals surface area (Å²) in [6, 6.07) is 20.1. The molecule has 1 fully saturated rings. The normalized spacial score (nSPS) is 14.2. The SMILES string of the molecule is Cc1ccc(-c2ccc(SCc3cccc(C(=O)NCCCN4CCOCC4)c3)nn2)cc1. The van der Waals surface area contributed by atoms with Crippen LogP contribution in [0, 0.1) is 6.92 Å². The van der Waals surface area contributed by atoms with Crippen LogP contribution in [0.4, 0.5) is 0 Å². The summed E-state index contributed by atoms with van der Waals surface area (Å²) in [7, 11) is 0. The van der Waals surface area contributed by atoms with Gasteiger partial charge in [-0.05, 0) is 49.7 Å². The van der Waals surface area contributed by atoms with Crippen molar-refractivity contribution < 1.29 is 9.53 Å². The van der Waals surface area contributed by atoms with Crippen LogP contribution in [0.15, 0.2) is 65.7 Å². The van der Waals surface area contributed by atoms with Gasteiger partial charge in [0.05, 0.1) is 18.9 Å². The van der Waals surface area contributed by atoms with Gasteiger partial charge in [-0.1, -0.05) is 53.7 Å². The number of thioether (sulfide) groups is 1. The van der Waals surface area contributed by atoms with Crippen molar-refractivity contribution in [1.82, 2.24) is 20.4 Å². The fourth-order valence-corrected chi connectivity index (χ4v) is 4.42. The number of hydrogen-bond acceptors (Lipinski definition) is 6. The molecule has 0 bridgehead atoms. The highest BCUT2D eigenvalue weighted by Gasteiger charge is 2.11. The number of aromatic nitrogens is 2. The van der Waals surface area contributed by atoms with Crippen LogP contribution in [0.25, 0.3) is 11.3 Å². The monoisotopic (exact) mass is 462 g/mol. The van der Waals surface area contributed by atoms with Gasteiger partial charge in [0.1, 0.15) is 5.03 Å². The molecule has 1 N–H and O–H groups in total. The third-order valence-corrected chi connectivity index (χ3v) is 6.59. The van der Waals surface area contributed by atoms with Crippen molar-refractivity contribution in [3.63, 3.8) is 0 Å². The molecule has 6 nitrogen and oxygen atoms in total. The van der Waals surface area contributed by atoms with Crippen LogP contribution < -0.4 is 5.32 Å². The largest absolute Gasteiger partial charge is 0.379 e. The zero-order valence-electron chi connectivity index (χ0n) is 19.0. The van der Waals surface area contributed by atoms with Gasteiger partial charge in [-0.15, -0.1) is 10.2 Å². The molecule has 4 rings (SSSR count). The zero-order valence-corrected chi connectivity index (χ0v) is 19.8. The first-order valence-electron chi connectivity index (χ1n) is 11.4. The summed E-state index contributed by atoms with van der Waals surface area (Å²) in [5.74, 6) is 0.711. The lowest BCUT2D eigenvalue weighted by Crippen LogP contribution is -2.38. The van der Waals surface area contributed by atoms with Gasteiger partial charge in [0.15, 0.2) is 0 Å². The molecular weight excluding hydrogens is 432 g/mol. The van der Waals surface area contributed by atoms with Gasteiger partial charge in [-0.25, -0.2) is 0 Å². The average Bonchev–Trinajstić information content (AvgIpc) is 2.87. The van der Waals surface area contributed by atoms with Crippen molar-refractivity contribution in [3.8, 4) is 11.3 Å². The van der Waals surface area contributed by atoms with Crippen LogP contribution >= 0.6 is 11.8 Å². The number of nitrogens with one attached hydrogen (secondary N) is 1. The minimum Gasteiger partial charge on any atom is -0.379 e. The van der Waals surface area contributed by atoms with E-state index in [2.05, 4.69) is 51.6 Å². The van der Waals surface area contributed by atoms with Crippen LogP contribution in [0.2, 0.25) is 0 Å². The van der Waals surface area contributed by atoms with Crippen molar-refractivity contribution in [2.75, 3.05) is 39.4 Å². The van der Waals surface area contributed by atoms with E-state index in [1.807, 2.05) is 36.4 Å². The van der Waals surface area contributed by atoms with E-state index in [9.17, 15) is 4.79 Å². The number of carbonyl (C=O) groups excluding carboxylic acids is 1. The molecule has 2 heterocycles. The van der Waals surface area contributed by atoms with E-state index < -0.39 is 0 Å². The molecule has 3 aromatic rings. The smallest absolute Gasteiger partial charge is 0.251 e. The summed E-state index contributed by atoms with van der Waals surface area (Å²) in [4.78, 5) is 14.9. The topological polar surface area (TPSA) is 67.4 Å². The Morgan fingerprint density at radius 2 is 1.88 bits per heavy atom. The van der Waals surface area contributed by atoms with E-state index in [-0.39, 0.29) is 5.91 Å². The van der Waals surface area contributed by atoms with E-state index in [0.29, 0.717) is 12.1 Å². The van der Waals surface area contributed by atoms with E-state index in [1.165, 1.54) is 5.56 Å². The van der Waals surface area contributed by atoms with Crippen LogP contribution in [0.3, 0.4) is 0 Å². The van der Waals surface area contributed by atoms with Crippen LogP contribution in [-0.2, 0) is 10.5 Å². The van der Waals surface area contributed by atoms with Gasteiger partial charge in [0.25, 0.3) is 5.91 Å². The second-order valence-electron chi connectivity index (χ2n) is 8.18. The predicted molar refractivity (Wildman–Crippen MR) is 132 cm³/mol. The lowest BCUT2D eigenvalue weighted by Gasteiger charge is -2.26. The first-order valence-corrected chi connectivity index (χ1v) is 12.4. The predicted octanol–water partition coefficient (Wildman–Crippen LogP) is 4.20. The number of benzene rings is 2. The Balaban J connectivity index is 1.24. The molecule has 33 heavy (non-hydrogen) atoms. The molecule has 1 saturated heterocycles. The summed E-state index contributed by atoms with van der Waals surface area (Å²) in [5.41, 5.74) is 4.94. The number of aryl methyl sites for hydroxylation is 1. The summed E-state index contributed by atoms with van der Waals surface area (Å²) < 4.78 is 5.37. The molecule has 0 unspecified atom stereocenters. The summed E-state index contributed by atoms with van der Waals surface area (Å²) >= 11 is 1.62. The standard InChI is InChI=1S/C26H30N4O2S/c1-20-6-8-22(9-7-20)24-10-11-25(29-28-24)33-19-21-4-2-5-23(18-21)26(31)27-12-3-13-30-14-16-32-17-15-30/h2,4-11,18H,3,12-17,19H2,1H3,(H,27,31). The molecule has 1 aliphatic rings. The fourth-order valence-electron chi connectivity index (χ4n) is 3.67. The highest BCUT2D eigenvalue weighted by Crippen LogP contribution is 2.23. The lowest BCUT2D eigenvalue weighted by atomic mass is 10.1. The van der Waals surface area contributed by atoms with Crippen molar-refractivity contribution >= 4 is 17.7 Å². The molecule has 0 aliphatic carbocycles. The zero-order chi connectivity index (χ0) is 22.9. The Labute approximate surface area is 199 Å². The average molecular weight is 463 g/mol. The van der Waals surface area contributed by atoms with E-state index in [0.717, 1.165) is 66.9 Å². The maximum atomic E-state index is 12.5. The highest BCUT2D eigenvalue weighted by atomic mass is 32.2. The van der Waals surface area contributed by atoms with Crippen LogP contribution in [0.1, 0.15) is 27.9 Å². The number of rotatable bonds is 9. The van der Waals surface area contributed by atoms with Crippen molar-refractivity contribution in [2.24, 2.45) is 0 Å². The molecule has 2 aromatic carbocycles. The molecule has 0 atom stereocenters. The fraction of sp³-hybridized carbons (Fsp3) is 0.346. The number of amides is 1. The second kappa shape index (κ2) is 11.9. The summed E-state index contributed by atoms with van der Waals surface area (Å²) in [6.45, 7) is 7.31. The molecule has 0 radical (unpaired) electrons. The number of carbonyl (C=O) groups is 1. The van der Waals surface area contributed by atoms with Gasteiger partial charge in [-0.2, -0.15) is 0 Å². The number of ether oxygens (including phenoxy) is 1. The number of hydrogen-bond donors (Lipinski definition) is 1. The first kappa shape index (κ1) is 23.4. The van der Waals surface area contributed by atoms with Gasteiger partial charge in [-0.3, -0.25) is 9.69 Å². The Morgan fingerprint density at radius 1 is 1.06 bits per heavy atom. The van der Waals surface area contributed by atoms with Crippen molar-refractivity contribution in [3.05, 3.63) is 77.4 Å². The summed E-state index contributed by atoms with van der Waals surface area (Å²) in [6.07, 6.45) is 0.943. The second-order valence-corrected chi connectivity index (χ2v) is 9.17. The third-order valence-electron chi connectivity index (χ3n) is 5.60. The highest BCUT2D eigenvalue weighted by molar-refractivity contribution is 7.98. The minimum atomic E-state index is -0.0222. The molecule has 0 spiro atoms. The number of nitrogens with zero attached hydrogens (tertiary/aromatic N) is 3. The van der Waals surface area contributed by atoms with Crippen LogP contribution in [0.5, 0.6) is 0 Å². The third kappa shape index (κ3) is 7.12. The molecule has 1 amide bonds. The quantitative estimate of drug-likeness (QED) is 0.380. The molecule has 1 aliphatic heterocycles. The summed E-state index contributed by atoms with van der Waals surface area (Å²) in [5, 5.41) is 12.6. The van der Waals surface area contributed by atoms with Gasteiger partial charge >= 0.3 is 0 Å². The molecule has 172 valence electrons. The lowest BCUT2D eigenvalue weighted by molar-refractivity contribution is 0.0374. The Morgan fingerprint density at radius 3 is 2.64 bits per heavy atom. The maximum Gasteiger partial charge on any atom is 0.251 e.